The molecule has 2 aromatic heterocycles. The van der Waals surface area contributed by atoms with E-state index in [1.54, 1.807) is 13.2 Å². The monoisotopic (exact) mass is 266 g/mol. The van der Waals surface area contributed by atoms with Crippen LogP contribution in [0.25, 0.3) is 23.1 Å². The Morgan fingerprint density at radius 1 is 1.05 bits per heavy atom. The maximum atomic E-state index is 4.98. The molecule has 0 N–H and O–H groups in total. The van der Waals surface area contributed by atoms with Crippen LogP contribution in [0.2, 0.25) is 0 Å². The molecule has 0 atom stereocenters. The van der Waals surface area contributed by atoms with E-state index in [0.717, 1.165) is 22.3 Å². The molecule has 5 heteroatoms. The molecule has 100 valence electrons. The Hall–Kier alpha value is -2.69. The van der Waals surface area contributed by atoms with Crippen LogP contribution in [0.4, 0.5) is 0 Å². The minimum atomic E-state index is 0.505. The zero-order chi connectivity index (χ0) is 13.9. The summed E-state index contributed by atoms with van der Waals surface area (Å²) >= 11 is 0. The van der Waals surface area contributed by atoms with Crippen molar-refractivity contribution >= 4 is 23.1 Å². The lowest BCUT2D eigenvalue weighted by Gasteiger charge is -1.96. The number of aromatic nitrogens is 4. The van der Waals surface area contributed by atoms with Crippen LogP contribution in [0.5, 0.6) is 5.88 Å². The summed E-state index contributed by atoms with van der Waals surface area (Å²) in [6, 6.07) is 11.8. The van der Waals surface area contributed by atoms with E-state index in [2.05, 4.69) is 21.4 Å². The van der Waals surface area contributed by atoms with Gasteiger partial charge in [0, 0.05) is 18.5 Å². The van der Waals surface area contributed by atoms with Gasteiger partial charge in [-0.1, -0.05) is 18.2 Å². The quantitative estimate of drug-likeness (QED) is 0.731. The summed E-state index contributed by atoms with van der Waals surface area (Å²) < 4.78 is 6.85. The average molecular weight is 266 g/mol. The Morgan fingerprint density at radius 3 is 2.65 bits per heavy atom. The highest BCUT2D eigenvalue weighted by molar-refractivity contribution is 5.89. The Morgan fingerprint density at radius 2 is 1.90 bits per heavy atom. The zero-order valence-corrected chi connectivity index (χ0v) is 11.3. The topological polar surface area (TPSA) is 52.8 Å². The first-order valence-electron chi connectivity index (χ1n) is 6.25. The number of para-hydroxylation sites is 1. The molecule has 0 bridgehead atoms. The summed E-state index contributed by atoms with van der Waals surface area (Å²) in [6.07, 6.45) is 3.83. The predicted molar refractivity (Wildman–Crippen MR) is 78.2 cm³/mol. The molecule has 0 aliphatic heterocycles. The van der Waals surface area contributed by atoms with Gasteiger partial charge in [-0.3, -0.25) is 4.68 Å². The Bertz CT molecular complexity index is 759. The fourth-order valence-electron chi connectivity index (χ4n) is 2.06. The maximum Gasteiger partial charge on any atom is 0.233 e. The van der Waals surface area contributed by atoms with E-state index in [4.69, 9.17) is 4.74 Å². The first-order chi connectivity index (χ1) is 9.78. The van der Waals surface area contributed by atoms with Gasteiger partial charge in [-0.2, -0.15) is 5.10 Å². The van der Waals surface area contributed by atoms with Crippen LogP contribution in [-0.2, 0) is 7.05 Å². The van der Waals surface area contributed by atoms with Gasteiger partial charge in [0.1, 0.15) is 0 Å². The van der Waals surface area contributed by atoms with E-state index in [-0.39, 0.29) is 0 Å². The number of aryl methyl sites for hydroxylation is 1. The van der Waals surface area contributed by atoms with Crippen molar-refractivity contribution in [3.05, 3.63) is 47.8 Å². The number of rotatable bonds is 3. The summed E-state index contributed by atoms with van der Waals surface area (Å²) in [6.45, 7) is 0. The number of benzene rings is 1. The van der Waals surface area contributed by atoms with Gasteiger partial charge in [0.2, 0.25) is 5.88 Å². The molecular weight excluding hydrogens is 252 g/mol. The van der Waals surface area contributed by atoms with Gasteiger partial charge in [-0.15, -0.1) is 10.2 Å². The fourth-order valence-corrected chi connectivity index (χ4v) is 2.06. The summed E-state index contributed by atoms with van der Waals surface area (Å²) in [5, 5.41) is 13.6. The Balaban J connectivity index is 1.94. The predicted octanol–water partition coefficient (Wildman–Crippen LogP) is 2.54. The Kier molecular flexibility index (Phi) is 3.16. The van der Waals surface area contributed by atoms with Gasteiger partial charge in [0.15, 0.2) is 0 Å². The van der Waals surface area contributed by atoms with Crippen molar-refractivity contribution in [2.75, 3.05) is 7.11 Å². The second-order valence-electron chi connectivity index (χ2n) is 4.36. The SMILES string of the molecule is COc1ccc(/C=C/c2nn(C)c3ccccc23)nn1. The molecule has 3 aromatic rings. The molecule has 0 spiro atoms. The largest absolute Gasteiger partial charge is 0.480 e. The molecule has 0 unspecified atom stereocenters. The standard InChI is InChI=1S/C15H14N4O/c1-19-14-6-4-3-5-12(14)13(18-19)9-7-11-8-10-15(20-2)17-16-11/h3-10H,1-2H3/b9-7+. The number of methoxy groups -OCH3 is 1. The molecule has 0 radical (unpaired) electrons. The van der Waals surface area contributed by atoms with Gasteiger partial charge < -0.3 is 4.74 Å². The van der Waals surface area contributed by atoms with Crippen LogP contribution < -0.4 is 4.74 Å². The molecular formula is C15H14N4O. The lowest BCUT2D eigenvalue weighted by Crippen LogP contribution is -1.91. The molecule has 0 amide bonds. The smallest absolute Gasteiger partial charge is 0.233 e. The van der Waals surface area contributed by atoms with Crippen LogP contribution in [0.3, 0.4) is 0 Å². The molecule has 0 saturated heterocycles. The highest BCUT2D eigenvalue weighted by Crippen LogP contribution is 2.19. The van der Waals surface area contributed by atoms with Crippen LogP contribution >= 0.6 is 0 Å². The van der Waals surface area contributed by atoms with Crippen molar-refractivity contribution in [3.8, 4) is 5.88 Å². The molecule has 20 heavy (non-hydrogen) atoms. The van der Waals surface area contributed by atoms with Crippen molar-refractivity contribution in [1.29, 1.82) is 0 Å². The number of hydrogen-bond acceptors (Lipinski definition) is 4. The number of ether oxygens (including phenoxy) is 1. The molecule has 0 saturated carbocycles. The van der Waals surface area contributed by atoms with Gasteiger partial charge >= 0.3 is 0 Å². The Labute approximate surface area is 116 Å². The molecule has 0 fully saturated rings. The summed E-state index contributed by atoms with van der Waals surface area (Å²) in [7, 11) is 3.51. The van der Waals surface area contributed by atoms with Crippen molar-refractivity contribution in [2.45, 2.75) is 0 Å². The van der Waals surface area contributed by atoms with Gasteiger partial charge in [-0.25, -0.2) is 0 Å². The lowest BCUT2D eigenvalue weighted by molar-refractivity contribution is 0.392. The molecule has 0 aliphatic rings. The molecule has 2 heterocycles. The van der Waals surface area contributed by atoms with E-state index < -0.39 is 0 Å². The van der Waals surface area contributed by atoms with Gasteiger partial charge in [0.25, 0.3) is 0 Å². The third-order valence-corrected chi connectivity index (χ3v) is 3.07. The molecule has 3 rings (SSSR count). The van der Waals surface area contributed by atoms with E-state index in [9.17, 15) is 0 Å². The lowest BCUT2D eigenvalue weighted by atomic mass is 10.2. The van der Waals surface area contributed by atoms with Crippen LogP contribution in [0, 0.1) is 0 Å². The van der Waals surface area contributed by atoms with Crippen LogP contribution in [-0.4, -0.2) is 27.1 Å². The first-order valence-corrected chi connectivity index (χ1v) is 6.25. The van der Waals surface area contributed by atoms with E-state index >= 15 is 0 Å². The third-order valence-electron chi connectivity index (χ3n) is 3.07. The van der Waals surface area contributed by atoms with Crippen molar-refractivity contribution in [2.24, 2.45) is 7.05 Å². The second-order valence-corrected chi connectivity index (χ2v) is 4.36. The molecule has 1 aromatic carbocycles. The number of nitrogens with zero attached hydrogens (tertiary/aromatic N) is 4. The molecule has 5 nitrogen and oxygen atoms in total. The number of fused-ring (bicyclic) bond motifs is 1. The minimum absolute atomic E-state index is 0.505. The van der Waals surface area contributed by atoms with Crippen molar-refractivity contribution in [3.63, 3.8) is 0 Å². The highest BCUT2D eigenvalue weighted by Gasteiger charge is 2.04. The molecule has 0 aliphatic carbocycles. The average Bonchev–Trinajstić information content (AvgIpc) is 2.83. The van der Waals surface area contributed by atoms with Gasteiger partial charge in [0.05, 0.1) is 24.0 Å². The van der Waals surface area contributed by atoms with Crippen LogP contribution in [0.1, 0.15) is 11.4 Å². The van der Waals surface area contributed by atoms with Crippen molar-refractivity contribution < 1.29 is 4.74 Å². The maximum absolute atomic E-state index is 4.98. The summed E-state index contributed by atoms with van der Waals surface area (Å²) in [5.41, 5.74) is 2.79. The summed E-state index contributed by atoms with van der Waals surface area (Å²) in [4.78, 5) is 0. The van der Waals surface area contributed by atoms with E-state index in [1.807, 2.05) is 48.1 Å². The van der Waals surface area contributed by atoms with Crippen molar-refractivity contribution in [1.82, 2.24) is 20.0 Å². The fraction of sp³-hybridized carbons (Fsp3) is 0.133. The van der Waals surface area contributed by atoms with Crippen LogP contribution in [0.15, 0.2) is 36.4 Å². The highest BCUT2D eigenvalue weighted by atomic mass is 16.5. The second kappa shape index (κ2) is 5.13. The number of hydrogen-bond donors (Lipinski definition) is 0. The first kappa shape index (κ1) is 12.3. The minimum Gasteiger partial charge on any atom is -0.480 e. The van der Waals surface area contributed by atoms with E-state index in [0.29, 0.717) is 5.88 Å². The normalized spacial score (nSPS) is 11.3. The van der Waals surface area contributed by atoms with Gasteiger partial charge in [-0.05, 0) is 24.3 Å². The van der Waals surface area contributed by atoms with E-state index in [1.165, 1.54) is 0 Å². The zero-order valence-electron chi connectivity index (χ0n) is 11.3. The third kappa shape index (κ3) is 2.25. The summed E-state index contributed by atoms with van der Waals surface area (Å²) in [5.74, 6) is 0.505.